The summed E-state index contributed by atoms with van der Waals surface area (Å²) in [6.45, 7) is 1.22. The van der Waals surface area contributed by atoms with E-state index in [-0.39, 0.29) is 5.91 Å². The van der Waals surface area contributed by atoms with Crippen molar-refractivity contribution < 1.29 is 4.79 Å². The Balaban J connectivity index is 2.13. The summed E-state index contributed by atoms with van der Waals surface area (Å²) in [4.78, 5) is 10.8. The number of carbonyl (C=O) groups is 1. The first kappa shape index (κ1) is 10.8. The number of amides is 1. The van der Waals surface area contributed by atoms with Crippen molar-refractivity contribution in [2.45, 2.75) is 6.42 Å². The van der Waals surface area contributed by atoms with Crippen molar-refractivity contribution in [3.8, 4) is 0 Å². The van der Waals surface area contributed by atoms with Gasteiger partial charge in [-0.05, 0) is 18.5 Å². The first-order valence-electron chi connectivity index (χ1n) is 4.78. The number of nitrogens with one attached hydrogen (secondary N) is 2. The van der Waals surface area contributed by atoms with E-state index in [1.807, 2.05) is 18.2 Å². The molecule has 0 spiro atoms. The molecule has 0 saturated carbocycles. The van der Waals surface area contributed by atoms with Gasteiger partial charge in [0.15, 0.2) is 0 Å². The lowest BCUT2D eigenvalue weighted by molar-refractivity contribution is -0.118. The highest BCUT2D eigenvalue weighted by Crippen LogP contribution is 1.97. The lowest BCUT2D eigenvalue weighted by Crippen LogP contribution is -2.33. The van der Waals surface area contributed by atoms with Crippen LogP contribution in [0.5, 0.6) is 0 Å². The molecule has 0 aromatic heterocycles. The molecule has 4 heteroatoms. The van der Waals surface area contributed by atoms with E-state index in [1.54, 1.807) is 7.98 Å². The highest BCUT2D eigenvalue weighted by molar-refractivity contribution is 6.14. The predicted molar refractivity (Wildman–Crippen MR) is 59.7 cm³/mol. The molecule has 1 aromatic carbocycles. The predicted octanol–water partition coefficient (Wildman–Crippen LogP) is -0.517. The molecule has 0 bridgehead atoms. The van der Waals surface area contributed by atoms with Crippen molar-refractivity contribution in [2.75, 3.05) is 13.1 Å². The summed E-state index contributed by atoms with van der Waals surface area (Å²) in [5.41, 5.74) is 1.29. The zero-order chi connectivity index (χ0) is 10.2. The molecule has 0 aliphatic carbocycles. The van der Waals surface area contributed by atoms with Crippen LogP contribution in [0.4, 0.5) is 0 Å². The summed E-state index contributed by atoms with van der Waals surface area (Å²) in [7, 11) is 1.64. The van der Waals surface area contributed by atoms with Gasteiger partial charge in [0.2, 0.25) is 13.9 Å². The summed E-state index contributed by atoms with van der Waals surface area (Å²) in [5.74, 6) is 0.0260. The zero-order valence-corrected chi connectivity index (χ0v) is 8.42. The Hall–Kier alpha value is -1.29. The van der Waals surface area contributed by atoms with E-state index in [2.05, 4.69) is 22.7 Å². The summed E-state index contributed by atoms with van der Waals surface area (Å²) in [6.07, 6.45) is 0.956. The normalized spacial score (nSPS) is 9.71. The van der Waals surface area contributed by atoms with E-state index in [0.717, 1.165) is 13.0 Å². The smallest absolute Gasteiger partial charge is 0.221 e. The quantitative estimate of drug-likeness (QED) is 0.484. The molecule has 1 rings (SSSR count). The van der Waals surface area contributed by atoms with Gasteiger partial charge in [-0.1, -0.05) is 30.3 Å². The fourth-order valence-corrected chi connectivity index (χ4v) is 1.17. The maximum absolute atomic E-state index is 10.8. The van der Waals surface area contributed by atoms with Gasteiger partial charge < -0.3 is 10.5 Å². The molecule has 0 fully saturated rings. The first-order chi connectivity index (χ1) is 6.83. The van der Waals surface area contributed by atoms with Crippen LogP contribution in [0, 0.1) is 0 Å². The third-order valence-electron chi connectivity index (χ3n) is 2.00. The molecular weight excluding hydrogens is 175 g/mol. The minimum absolute atomic E-state index is 0.0260. The van der Waals surface area contributed by atoms with Crippen LogP contribution in [-0.4, -0.2) is 27.0 Å². The van der Waals surface area contributed by atoms with Crippen molar-refractivity contribution in [1.82, 2.24) is 10.5 Å². The lowest BCUT2D eigenvalue weighted by Gasteiger charge is -2.03. The van der Waals surface area contributed by atoms with Gasteiger partial charge in [-0.3, -0.25) is 4.79 Å². The maximum atomic E-state index is 10.8. The third-order valence-corrected chi connectivity index (χ3v) is 2.00. The second-order valence-electron chi connectivity index (χ2n) is 3.09. The molecule has 0 aliphatic heterocycles. The summed E-state index contributed by atoms with van der Waals surface area (Å²) < 4.78 is 0. The standard InChI is InChI=1S/C10H15BN2O/c11-13-10(14)8-12-7-6-9-4-2-1-3-5-9/h1-5,12H,6-8,11H2,(H,13,14). The minimum Gasteiger partial charge on any atom is -0.405 e. The second kappa shape index (κ2) is 6.21. The average molecular weight is 190 g/mol. The van der Waals surface area contributed by atoms with Gasteiger partial charge in [0, 0.05) is 0 Å². The van der Waals surface area contributed by atoms with Crippen LogP contribution in [-0.2, 0) is 11.2 Å². The molecule has 0 saturated heterocycles. The number of rotatable bonds is 5. The monoisotopic (exact) mass is 190 g/mol. The Morgan fingerprint density at radius 2 is 2.00 bits per heavy atom. The van der Waals surface area contributed by atoms with Crippen LogP contribution in [0.15, 0.2) is 30.3 Å². The van der Waals surface area contributed by atoms with Gasteiger partial charge in [-0.25, -0.2) is 0 Å². The molecule has 74 valence electrons. The Morgan fingerprint density at radius 3 is 2.64 bits per heavy atom. The van der Waals surface area contributed by atoms with Crippen LogP contribution in [0.3, 0.4) is 0 Å². The summed E-state index contributed by atoms with van der Waals surface area (Å²) in [6, 6.07) is 10.2. The third kappa shape index (κ3) is 4.09. The molecule has 14 heavy (non-hydrogen) atoms. The molecule has 0 atom stereocenters. The van der Waals surface area contributed by atoms with E-state index in [1.165, 1.54) is 5.56 Å². The number of carbonyl (C=O) groups excluding carboxylic acids is 1. The minimum atomic E-state index is 0.0260. The van der Waals surface area contributed by atoms with Crippen LogP contribution in [0.2, 0.25) is 0 Å². The number of hydrogen-bond acceptors (Lipinski definition) is 2. The van der Waals surface area contributed by atoms with Crippen LogP contribution >= 0.6 is 0 Å². The van der Waals surface area contributed by atoms with E-state index < -0.39 is 0 Å². The summed E-state index contributed by atoms with van der Waals surface area (Å²) >= 11 is 0. The summed E-state index contributed by atoms with van der Waals surface area (Å²) in [5, 5.41) is 5.63. The van der Waals surface area contributed by atoms with Crippen LogP contribution < -0.4 is 10.5 Å². The van der Waals surface area contributed by atoms with Crippen LogP contribution in [0.1, 0.15) is 5.56 Å². The van der Waals surface area contributed by atoms with Gasteiger partial charge in [-0.15, -0.1) is 0 Å². The van der Waals surface area contributed by atoms with Gasteiger partial charge >= 0.3 is 0 Å². The molecule has 0 unspecified atom stereocenters. The topological polar surface area (TPSA) is 41.1 Å². The van der Waals surface area contributed by atoms with Gasteiger partial charge in [0.1, 0.15) is 0 Å². The van der Waals surface area contributed by atoms with Gasteiger partial charge in [-0.2, -0.15) is 0 Å². The zero-order valence-electron chi connectivity index (χ0n) is 8.42. The van der Waals surface area contributed by atoms with Crippen molar-refractivity contribution in [1.29, 1.82) is 0 Å². The fraction of sp³-hybridized carbons (Fsp3) is 0.300. The highest BCUT2D eigenvalue weighted by atomic mass is 16.1. The number of hydrogen-bond donors (Lipinski definition) is 2. The Labute approximate surface area is 85.3 Å². The molecular formula is C10H15BN2O. The van der Waals surface area contributed by atoms with E-state index in [0.29, 0.717) is 6.54 Å². The maximum Gasteiger partial charge on any atom is 0.221 e. The lowest BCUT2D eigenvalue weighted by atomic mass is 10.1. The molecule has 1 aromatic rings. The van der Waals surface area contributed by atoms with E-state index in [9.17, 15) is 4.79 Å². The van der Waals surface area contributed by atoms with E-state index >= 15 is 0 Å². The van der Waals surface area contributed by atoms with E-state index in [4.69, 9.17) is 0 Å². The van der Waals surface area contributed by atoms with Gasteiger partial charge in [0.25, 0.3) is 0 Å². The van der Waals surface area contributed by atoms with Crippen molar-refractivity contribution in [3.05, 3.63) is 35.9 Å². The molecule has 0 radical (unpaired) electrons. The van der Waals surface area contributed by atoms with Crippen molar-refractivity contribution in [3.63, 3.8) is 0 Å². The average Bonchev–Trinajstić information content (AvgIpc) is 2.25. The molecule has 0 heterocycles. The van der Waals surface area contributed by atoms with Crippen molar-refractivity contribution >= 4 is 13.9 Å². The van der Waals surface area contributed by atoms with Crippen molar-refractivity contribution in [2.24, 2.45) is 0 Å². The van der Waals surface area contributed by atoms with Gasteiger partial charge in [0.05, 0.1) is 6.54 Å². The first-order valence-corrected chi connectivity index (χ1v) is 4.78. The second-order valence-corrected chi connectivity index (χ2v) is 3.09. The highest BCUT2D eigenvalue weighted by Gasteiger charge is 1.95. The van der Waals surface area contributed by atoms with Crippen LogP contribution in [0.25, 0.3) is 0 Å². The fourth-order valence-electron chi connectivity index (χ4n) is 1.17. The Bertz CT molecular complexity index is 277. The molecule has 0 aliphatic rings. The Morgan fingerprint density at radius 1 is 1.29 bits per heavy atom. The molecule has 1 amide bonds. The largest absolute Gasteiger partial charge is 0.405 e. The molecule has 3 nitrogen and oxygen atoms in total. The Kier molecular flexibility index (Phi) is 4.79. The molecule has 2 N–H and O–H groups in total. The SMILES string of the molecule is BNC(=O)CNCCc1ccccc1. The number of benzene rings is 1.